The summed E-state index contributed by atoms with van der Waals surface area (Å²) < 4.78 is 5.20. The maximum Gasteiger partial charge on any atom is 0.264 e. The van der Waals surface area contributed by atoms with Crippen molar-refractivity contribution < 1.29 is 9.53 Å². The first-order valence-electron chi connectivity index (χ1n) is 7.90. The standard InChI is InChI=1S/C18H22N2O2S/c1-12-16(13-5-7-15(22-2)8-6-13)10-17(23-12)18(21)20-9-3-4-14(20)11-19/h5-8,10,14H,3-4,9,11,19H2,1-2H3/t14-/m0/s1. The fourth-order valence-electron chi connectivity index (χ4n) is 3.13. The Balaban J connectivity index is 1.86. The molecule has 1 atom stereocenters. The van der Waals surface area contributed by atoms with E-state index < -0.39 is 0 Å². The van der Waals surface area contributed by atoms with Gasteiger partial charge in [-0.05, 0) is 49.1 Å². The number of nitrogens with two attached hydrogens (primary N) is 1. The van der Waals surface area contributed by atoms with Crippen molar-refractivity contribution in [3.05, 3.63) is 40.1 Å². The number of hydrogen-bond donors (Lipinski definition) is 1. The monoisotopic (exact) mass is 330 g/mol. The molecule has 1 aromatic heterocycles. The Morgan fingerprint density at radius 3 is 2.78 bits per heavy atom. The van der Waals surface area contributed by atoms with Gasteiger partial charge in [0.1, 0.15) is 5.75 Å². The zero-order valence-corrected chi connectivity index (χ0v) is 14.4. The molecule has 0 bridgehead atoms. The number of nitrogens with zero attached hydrogens (tertiary/aromatic N) is 1. The molecule has 1 fully saturated rings. The normalized spacial score (nSPS) is 17.5. The molecule has 0 spiro atoms. The van der Waals surface area contributed by atoms with Crippen LogP contribution in [0.25, 0.3) is 11.1 Å². The second-order valence-corrected chi connectivity index (χ2v) is 7.10. The van der Waals surface area contributed by atoms with Crippen LogP contribution in [-0.4, -0.2) is 37.0 Å². The summed E-state index contributed by atoms with van der Waals surface area (Å²) in [5.74, 6) is 0.951. The molecular weight excluding hydrogens is 308 g/mol. The average Bonchev–Trinajstić information content (AvgIpc) is 3.20. The molecule has 1 amide bonds. The van der Waals surface area contributed by atoms with Crippen molar-refractivity contribution in [2.24, 2.45) is 5.73 Å². The van der Waals surface area contributed by atoms with Crippen LogP contribution in [0.3, 0.4) is 0 Å². The van der Waals surface area contributed by atoms with Crippen molar-refractivity contribution in [3.63, 3.8) is 0 Å². The third kappa shape index (κ3) is 3.12. The van der Waals surface area contributed by atoms with Crippen LogP contribution in [0.1, 0.15) is 27.4 Å². The van der Waals surface area contributed by atoms with Crippen molar-refractivity contribution in [3.8, 4) is 16.9 Å². The predicted octanol–water partition coefficient (Wildman–Crippen LogP) is 3.30. The van der Waals surface area contributed by atoms with Crippen LogP contribution >= 0.6 is 11.3 Å². The number of ether oxygens (including phenoxy) is 1. The number of likely N-dealkylation sites (tertiary alicyclic amines) is 1. The van der Waals surface area contributed by atoms with E-state index in [2.05, 4.69) is 6.92 Å². The summed E-state index contributed by atoms with van der Waals surface area (Å²) in [6.45, 7) is 3.42. The molecular formula is C18H22N2O2S. The Labute approximate surface area is 140 Å². The number of rotatable bonds is 4. The number of carbonyl (C=O) groups excluding carboxylic acids is 1. The molecule has 1 saturated heterocycles. The van der Waals surface area contributed by atoms with Gasteiger partial charge in [0.2, 0.25) is 0 Å². The first-order chi connectivity index (χ1) is 11.1. The highest BCUT2D eigenvalue weighted by atomic mass is 32.1. The van der Waals surface area contributed by atoms with E-state index in [4.69, 9.17) is 10.5 Å². The molecule has 0 saturated carbocycles. The van der Waals surface area contributed by atoms with Crippen molar-refractivity contribution in [2.75, 3.05) is 20.2 Å². The van der Waals surface area contributed by atoms with Crippen molar-refractivity contribution in [1.82, 2.24) is 4.90 Å². The van der Waals surface area contributed by atoms with Gasteiger partial charge in [-0.3, -0.25) is 4.79 Å². The number of benzene rings is 1. The predicted molar refractivity (Wildman–Crippen MR) is 94.2 cm³/mol. The van der Waals surface area contributed by atoms with Gasteiger partial charge in [-0.25, -0.2) is 0 Å². The third-order valence-corrected chi connectivity index (χ3v) is 5.48. The van der Waals surface area contributed by atoms with Crippen LogP contribution in [0.2, 0.25) is 0 Å². The van der Waals surface area contributed by atoms with E-state index in [0.29, 0.717) is 6.54 Å². The van der Waals surface area contributed by atoms with Crippen LogP contribution in [-0.2, 0) is 0 Å². The summed E-state index contributed by atoms with van der Waals surface area (Å²) >= 11 is 1.56. The highest BCUT2D eigenvalue weighted by molar-refractivity contribution is 7.14. The minimum absolute atomic E-state index is 0.116. The Morgan fingerprint density at radius 1 is 1.39 bits per heavy atom. The first kappa shape index (κ1) is 16.0. The van der Waals surface area contributed by atoms with E-state index in [1.165, 1.54) is 0 Å². The van der Waals surface area contributed by atoms with E-state index in [0.717, 1.165) is 46.0 Å². The fourth-order valence-corrected chi connectivity index (χ4v) is 4.13. The van der Waals surface area contributed by atoms with Gasteiger partial charge in [0.15, 0.2) is 0 Å². The molecule has 2 aromatic rings. The summed E-state index contributed by atoms with van der Waals surface area (Å²) in [6, 6.07) is 10.1. The summed E-state index contributed by atoms with van der Waals surface area (Å²) in [5.41, 5.74) is 8.01. The van der Waals surface area contributed by atoms with Crippen molar-refractivity contribution >= 4 is 17.2 Å². The summed E-state index contributed by atoms with van der Waals surface area (Å²) in [7, 11) is 1.66. The number of aryl methyl sites for hydroxylation is 1. The van der Waals surface area contributed by atoms with Crippen LogP contribution in [0.15, 0.2) is 30.3 Å². The van der Waals surface area contributed by atoms with Gasteiger partial charge in [0.05, 0.1) is 12.0 Å². The number of hydrogen-bond acceptors (Lipinski definition) is 4. The molecule has 0 unspecified atom stereocenters. The SMILES string of the molecule is COc1ccc(-c2cc(C(=O)N3CCC[C@H]3CN)sc2C)cc1. The highest BCUT2D eigenvalue weighted by Gasteiger charge is 2.29. The second kappa shape index (κ2) is 6.72. The molecule has 2 heterocycles. The van der Waals surface area contributed by atoms with Crippen LogP contribution < -0.4 is 10.5 Å². The van der Waals surface area contributed by atoms with E-state index in [9.17, 15) is 4.79 Å². The van der Waals surface area contributed by atoms with Gasteiger partial charge in [0, 0.05) is 24.0 Å². The number of methoxy groups -OCH3 is 1. The lowest BCUT2D eigenvalue weighted by molar-refractivity contribution is 0.0746. The van der Waals surface area contributed by atoms with E-state index >= 15 is 0 Å². The molecule has 1 aromatic carbocycles. The lowest BCUT2D eigenvalue weighted by Gasteiger charge is -2.22. The quantitative estimate of drug-likeness (QED) is 0.936. The summed E-state index contributed by atoms with van der Waals surface area (Å²) in [5, 5.41) is 0. The largest absolute Gasteiger partial charge is 0.497 e. The highest BCUT2D eigenvalue weighted by Crippen LogP contribution is 2.33. The Bertz CT molecular complexity index is 694. The maximum atomic E-state index is 12.8. The van der Waals surface area contributed by atoms with Crippen LogP contribution in [0, 0.1) is 6.92 Å². The molecule has 23 heavy (non-hydrogen) atoms. The third-order valence-electron chi connectivity index (χ3n) is 4.44. The molecule has 1 aliphatic heterocycles. The molecule has 1 aliphatic rings. The van der Waals surface area contributed by atoms with Gasteiger partial charge in [-0.1, -0.05) is 12.1 Å². The van der Waals surface area contributed by atoms with Gasteiger partial charge < -0.3 is 15.4 Å². The van der Waals surface area contributed by atoms with Crippen LogP contribution in [0.4, 0.5) is 0 Å². The van der Waals surface area contributed by atoms with Crippen molar-refractivity contribution in [1.29, 1.82) is 0 Å². The number of carbonyl (C=O) groups is 1. The molecule has 2 N–H and O–H groups in total. The van der Waals surface area contributed by atoms with Crippen molar-refractivity contribution in [2.45, 2.75) is 25.8 Å². The number of thiophene rings is 1. The lowest BCUT2D eigenvalue weighted by Crippen LogP contribution is -2.39. The Kier molecular flexibility index (Phi) is 4.68. The molecule has 3 rings (SSSR count). The topological polar surface area (TPSA) is 55.6 Å². The lowest BCUT2D eigenvalue weighted by atomic mass is 10.1. The molecule has 0 radical (unpaired) electrons. The van der Waals surface area contributed by atoms with Gasteiger partial charge in [0.25, 0.3) is 5.91 Å². The summed E-state index contributed by atoms with van der Waals surface area (Å²) in [4.78, 5) is 16.7. The maximum absolute atomic E-state index is 12.8. The van der Waals surface area contributed by atoms with E-state index in [1.54, 1.807) is 18.4 Å². The zero-order chi connectivity index (χ0) is 16.4. The smallest absolute Gasteiger partial charge is 0.264 e. The molecule has 5 heteroatoms. The minimum Gasteiger partial charge on any atom is -0.497 e. The first-order valence-corrected chi connectivity index (χ1v) is 8.71. The van der Waals surface area contributed by atoms with E-state index in [1.807, 2.05) is 35.2 Å². The fraction of sp³-hybridized carbons (Fsp3) is 0.389. The Morgan fingerprint density at radius 2 is 2.13 bits per heavy atom. The molecule has 122 valence electrons. The Hall–Kier alpha value is -1.85. The van der Waals surface area contributed by atoms with Gasteiger partial charge >= 0.3 is 0 Å². The second-order valence-electron chi connectivity index (χ2n) is 5.84. The number of amides is 1. The average molecular weight is 330 g/mol. The van der Waals surface area contributed by atoms with Gasteiger partial charge in [-0.2, -0.15) is 0 Å². The van der Waals surface area contributed by atoms with E-state index in [-0.39, 0.29) is 11.9 Å². The molecule has 4 nitrogen and oxygen atoms in total. The minimum atomic E-state index is 0.116. The van der Waals surface area contributed by atoms with Gasteiger partial charge in [-0.15, -0.1) is 11.3 Å². The summed E-state index contributed by atoms with van der Waals surface area (Å²) in [6.07, 6.45) is 2.06. The molecule has 0 aliphatic carbocycles. The zero-order valence-electron chi connectivity index (χ0n) is 13.5. The van der Waals surface area contributed by atoms with Crippen LogP contribution in [0.5, 0.6) is 5.75 Å².